The number of benzene rings is 2. The van der Waals surface area contributed by atoms with Gasteiger partial charge in [0, 0.05) is 6.08 Å². The molecular weight excluding hydrogens is 314 g/mol. The van der Waals surface area contributed by atoms with Gasteiger partial charge >= 0.3 is 5.97 Å². The van der Waals surface area contributed by atoms with Gasteiger partial charge in [-0.2, -0.15) is 0 Å². The van der Waals surface area contributed by atoms with Crippen molar-refractivity contribution in [2.24, 2.45) is 0 Å². The van der Waals surface area contributed by atoms with E-state index < -0.39 is 5.97 Å². The molecule has 0 aliphatic rings. The van der Waals surface area contributed by atoms with Gasteiger partial charge in [-0.3, -0.25) is 0 Å². The highest BCUT2D eigenvalue weighted by Gasteiger charge is 2.01. The molecule has 0 fully saturated rings. The highest BCUT2D eigenvalue weighted by atomic mass is 35.5. The van der Waals surface area contributed by atoms with Gasteiger partial charge in [0.25, 0.3) is 0 Å². The predicted molar refractivity (Wildman–Crippen MR) is 81.7 cm³/mol. The molecular formula is C16H11Cl2FO2. The van der Waals surface area contributed by atoms with Gasteiger partial charge in [0.05, 0.1) is 10.0 Å². The molecule has 0 bridgehead atoms. The molecule has 0 heterocycles. The van der Waals surface area contributed by atoms with Crippen LogP contribution in [0.4, 0.5) is 4.39 Å². The van der Waals surface area contributed by atoms with Crippen LogP contribution in [0, 0.1) is 5.82 Å². The van der Waals surface area contributed by atoms with Crippen molar-refractivity contribution in [1.29, 1.82) is 0 Å². The van der Waals surface area contributed by atoms with Crippen molar-refractivity contribution in [2.45, 2.75) is 6.61 Å². The highest BCUT2D eigenvalue weighted by Crippen LogP contribution is 2.23. The van der Waals surface area contributed by atoms with Crippen LogP contribution in [0.1, 0.15) is 11.1 Å². The van der Waals surface area contributed by atoms with Gasteiger partial charge in [-0.1, -0.05) is 41.4 Å². The Hall–Kier alpha value is -1.84. The third kappa shape index (κ3) is 4.88. The van der Waals surface area contributed by atoms with Gasteiger partial charge in [0.1, 0.15) is 12.4 Å². The molecule has 0 aromatic heterocycles. The van der Waals surface area contributed by atoms with E-state index in [1.165, 1.54) is 18.2 Å². The van der Waals surface area contributed by atoms with Crippen molar-refractivity contribution < 1.29 is 13.9 Å². The maximum Gasteiger partial charge on any atom is 0.331 e. The second-order valence-electron chi connectivity index (χ2n) is 4.24. The van der Waals surface area contributed by atoms with E-state index in [1.54, 1.807) is 36.4 Å². The van der Waals surface area contributed by atoms with Crippen molar-refractivity contribution in [3.05, 3.63) is 75.5 Å². The van der Waals surface area contributed by atoms with Crippen LogP contribution >= 0.6 is 23.2 Å². The van der Waals surface area contributed by atoms with Crippen molar-refractivity contribution in [1.82, 2.24) is 0 Å². The molecule has 2 aromatic carbocycles. The van der Waals surface area contributed by atoms with Crippen LogP contribution in [-0.2, 0) is 16.1 Å². The minimum absolute atomic E-state index is 0.0881. The lowest BCUT2D eigenvalue weighted by molar-refractivity contribution is -0.138. The minimum atomic E-state index is -0.495. The molecule has 21 heavy (non-hydrogen) atoms. The third-order valence-corrected chi connectivity index (χ3v) is 3.39. The number of carbonyl (C=O) groups excluding carboxylic acids is 1. The predicted octanol–water partition coefficient (Wildman–Crippen LogP) is 4.89. The van der Waals surface area contributed by atoms with Gasteiger partial charge in [0.2, 0.25) is 0 Å². The molecule has 0 aliphatic carbocycles. The third-order valence-electron chi connectivity index (χ3n) is 2.65. The van der Waals surface area contributed by atoms with Crippen LogP contribution in [-0.4, -0.2) is 5.97 Å². The number of rotatable bonds is 4. The number of ether oxygens (including phenoxy) is 1. The first-order valence-electron chi connectivity index (χ1n) is 6.09. The molecule has 2 nitrogen and oxygen atoms in total. The molecule has 0 saturated carbocycles. The molecule has 0 aliphatic heterocycles. The Balaban J connectivity index is 1.90. The van der Waals surface area contributed by atoms with Crippen LogP contribution in [0.3, 0.4) is 0 Å². The lowest BCUT2D eigenvalue weighted by atomic mass is 10.2. The Bertz CT molecular complexity index is 666. The Kier molecular flexibility index (Phi) is 5.37. The number of carbonyl (C=O) groups is 1. The Morgan fingerprint density at radius 3 is 2.48 bits per heavy atom. The number of esters is 1. The first kappa shape index (κ1) is 15.5. The molecule has 0 unspecified atom stereocenters. The van der Waals surface area contributed by atoms with E-state index in [0.29, 0.717) is 15.6 Å². The second kappa shape index (κ2) is 7.25. The largest absolute Gasteiger partial charge is 0.458 e. The molecule has 0 N–H and O–H groups in total. The van der Waals surface area contributed by atoms with E-state index in [9.17, 15) is 9.18 Å². The average molecular weight is 325 g/mol. The molecule has 0 spiro atoms. The van der Waals surface area contributed by atoms with E-state index in [2.05, 4.69) is 0 Å². The number of hydrogen-bond donors (Lipinski definition) is 0. The van der Waals surface area contributed by atoms with Crippen molar-refractivity contribution in [3.8, 4) is 0 Å². The van der Waals surface area contributed by atoms with E-state index >= 15 is 0 Å². The molecule has 2 rings (SSSR count). The summed E-state index contributed by atoms with van der Waals surface area (Å²) in [6.45, 7) is 0.0881. The summed E-state index contributed by atoms with van der Waals surface area (Å²) < 4.78 is 17.8. The van der Waals surface area contributed by atoms with E-state index in [1.807, 2.05) is 0 Å². The summed E-state index contributed by atoms with van der Waals surface area (Å²) >= 11 is 11.7. The average Bonchev–Trinajstić information content (AvgIpc) is 2.48. The van der Waals surface area contributed by atoms with Crippen LogP contribution in [0.2, 0.25) is 10.0 Å². The minimum Gasteiger partial charge on any atom is -0.458 e. The monoisotopic (exact) mass is 324 g/mol. The zero-order chi connectivity index (χ0) is 15.2. The second-order valence-corrected chi connectivity index (χ2v) is 5.06. The van der Waals surface area contributed by atoms with E-state index in [4.69, 9.17) is 27.9 Å². The maximum atomic E-state index is 12.7. The fraction of sp³-hybridized carbons (Fsp3) is 0.0625. The number of hydrogen-bond acceptors (Lipinski definition) is 2. The first-order chi connectivity index (χ1) is 10.0. The first-order valence-corrected chi connectivity index (χ1v) is 6.84. The van der Waals surface area contributed by atoms with Gasteiger partial charge < -0.3 is 4.74 Å². The van der Waals surface area contributed by atoms with E-state index in [0.717, 1.165) is 5.56 Å². The quantitative estimate of drug-likeness (QED) is 0.591. The fourth-order valence-corrected chi connectivity index (χ4v) is 1.87. The summed E-state index contributed by atoms with van der Waals surface area (Å²) in [5.74, 6) is -0.824. The topological polar surface area (TPSA) is 26.3 Å². The zero-order valence-corrected chi connectivity index (χ0v) is 12.4. The summed E-state index contributed by atoms with van der Waals surface area (Å²) in [7, 11) is 0. The summed E-state index contributed by atoms with van der Waals surface area (Å²) in [6, 6.07) is 10.8. The molecule has 0 amide bonds. The van der Waals surface area contributed by atoms with Crippen LogP contribution < -0.4 is 0 Å². The van der Waals surface area contributed by atoms with Crippen LogP contribution in [0.5, 0.6) is 0 Å². The summed E-state index contributed by atoms with van der Waals surface area (Å²) in [5, 5.41) is 0.867. The van der Waals surface area contributed by atoms with Gasteiger partial charge in [-0.05, 0) is 41.5 Å². The standard InChI is InChI=1S/C16H11Cl2FO2/c17-14-7-3-11(9-15(14)18)4-8-16(20)21-10-12-1-5-13(19)6-2-12/h1-9H,10H2. The van der Waals surface area contributed by atoms with Crippen molar-refractivity contribution in [3.63, 3.8) is 0 Å². The highest BCUT2D eigenvalue weighted by molar-refractivity contribution is 6.42. The molecule has 2 aromatic rings. The Morgan fingerprint density at radius 2 is 1.81 bits per heavy atom. The summed E-state index contributed by atoms with van der Waals surface area (Å²) in [4.78, 5) is 11.6. The van der Waals surface area contributed by atoms with Crippen LogP contribution in [0.25, 0.3) is 6.08 Å². The van der Waals surface area contributed by atoms with Crippen molar-refractivity contribution >= 4 is 35.2 Å². The van der Waals surface area contributed by atoms with Gasteiger partial charge in [0.15, 0.2) is 0 Å². The SMILES string of the molecule is O=C(C=Cc1ccc(Cl)c(Cl)c1)OCc1ccc(F)cc1. The van der Waals surface area contributed by atoms with Gasteiger partial charge in [-0.25, -0.2) is 9.18 Å². The summed E-state index contributed by atoms with van der Waals surface area (Å²) in [6.07, 6.45) is 2.87. The summed E-state index contributed by atoms with van der Waals surface area (Å²) in [5.41, 5.74) is 1.45. The Morgan fingerprint density at radius 1 is 1.10 bits per heavy atom. The number of halogens is 3. The molecule has 0 atom stereocenters. The lowest BCUT2D eigenvalue weighted by Crippen LogP contribution is -2.00. The van der Waals surface area contributed by atoms with E-state index in [-0.39, 0.29) is 12.4 Å². The van der Waals surface area contributed by atoms with Crippen LogP contribution in [0.15, 0.2) is 48.5 Å². The zero-order valence-electron chi connectivity index (χ0n) is 10.9. The molecule has 0 saturated heterocycles. The fourth-order valence-electron chi connectivity index (χ4n) is 1.56. The van der Waals surface area contributed by atoms with Gasteiger partial charge in [-0.15, -0.1) is 0 Å². The molecule has 5 heteroatoms. The smallest absolute Gasteiger partial charge is 0.331 e. The molecule has 0 radical (unpaired) electrons. The van der Waals surface area contributed by atoms with Crippen molar-refractivity contribution in [2.75, 3.05) is 0 Å². The maximum absolute atomic E-state index is 12.7. The lowest BCUT2D eigenvalue weighted by Gasteiger charge is -2.02. The Labute approximate surface area is 131 Å². The normalized spacial score (nSPS) is 10.8. The molecule has 108 valence electrons.